The lowest BCUT2D eigenvalue weighted by atomic mass is 10.1. The lowest BCUT2D eigenvalue weighted by Gasteiger charge is -2.24. The summed E-state index contributed by atoms with van der Waals surface area (Å²) in [5, 5.41) is 0.465. The molecule has 1 rings (SSSR count). The topological polar surface area (TPSA) is 47.3 Å². The second kappa shape index (κ2) is 5.78. The van der Waals surface area contributed by atoms with Gasteiger partial charge in [0.05, 0.1) is 18.2 Å². The van der Waals surface area contributed by atoms with Crippen LogP contribution in [-0.4, -0.2) is 12.2 Å². The second-order valence-corrected chi connectivity index (χ2v) is 5.22. The Morgan fingerprint density at radius 1 is 1.47 bits per heavy atom. The Balaban J connectivity index is 2.82. The molecule has 0 aliphatic heterocycles. The lowest BCUT2D eigenvalue weighted by molar-refractivity contribution is -0.0148. The molecule has 1 aromatic rings. The maximum Gasteiger partial charge on any atom is 0.123 e. The zero-order valence-corrected chi connectivity index (χ0v) is 11.0. The van der Waals surface area contributed by atoms with Crippen LogP contribution < -0.4 is 11.3 Å². The van der Waals surface area contributed by atoms with Gasteiger partial charge in [-0.05, 0) is 44.5 Å². The van der Waals surface area contributed by atoms with Crippen LogP contribution in [0.5, 0.6) is 0 Å². The van der Waals surface area contributed by atoms with Crippen LogP contribution in [0.2, 0.25) is 5.02 Å². The summed E-state index contributed by atoms with van der Waals surface area (Å²) in [4.78, 5) is 0. The van der Waals surface area contributed by atoms with E-state index in [1.807, 2.05) is 20.8 Å². The molecule has 0 amide bonds. The van der Waals surface area contributed by atoms with Crippen LogP contribution in [0, 0.1) is 5.82 Å². The number of nitrogens with two attached hydrogens (primary N) is 1. The van der Waals surface area contributed by atoms with Gasteiger partial charge in [-0.15, -0.1) is 0 Å². The van der Waals surface area contributed by atoms with Gasteiger partial charge >= 0.3 is 0 Å². The van der Waals surface area contributed by atoms with Gasteiger partial charge in [0, 0.05) is 5.02 Å². The van der Waals surface area contributed by atoms with Gasteiger partial charge in [-0.2, -0.15) is 0 Å². The maximum absolute atomic E-state index is 13.2. The van der Waals surface area contributed by atoms with Crippen molar-refractivity contribution in [2.24, 2.45) is 5.84 Å². The minimum absolute atomic E-state index is 0.283. The standard InChI is InChI=1S/C12H18ClFN2O/c1-12(2,3)17-7-11(16-15)9-6-8(14)4-5-10(9)13/h4-6,11,16H,7,15H2,1-3H3. The van der Waals surface area contributed by atoms with Gasteiger partial charge in [-0.1, -0.05) is 11.6 Å². The number of hydrazine groups is 1. The van der Waals surface area contributed by atoms with E-state index in [2.05, 4.69) is 5.43 Å². The quantitative estimate of drug-likeness (QED) is 0.646. The first-order valence-corrected chi connectivity index (χ1v) is 5.76. The van der Waals surface area contributed by atoms with Gasteiger partial charge in [0.25, 0.3) is 0 Å². The van der Waals surface area contributed by atoms with E-state index < -0.39 is 0 Å². The van der Waals surface area contributed by atoms with Gasteiger partial charge in [-0.3, -0.25) is 11.3 Å². The average molecular weight is 261 g/mol. The van der Waals surface area contributed by atoms with Crippen LogP contribution in [0.25, 0.3) is 0 Å². The number of benzene rings is 1. The Bertz CT molecular complexity index is 379. The molecular formula is C12H18ClFN2O. The third-order valence-corrected chi connectivity index (χ3v) is 2.56. The SMILES string of the molecule is CC(C)(C)OCC(NN)c1cc(F)ccc1Cl. The second-order valence-electron chi connectivity index (χ2n) is 4.81. The lowest BCUT2D eigenvalue weighted by Crippen LogP contribution is -2.34. The van der Waals surface area contributed by atoms with Gasteiger partial charge in [0.1, 0.15) is 5.82 Å². The molecule has 0 bridgehead atoms. The molecule has 3 nitrogen and oxygen atoms in total. The highest BCUT2D eigenvalue weighted by molar-refractivity contribution is 6.31. The summed E-state index contributed by atoms with van der Waals surface area (Å²) in [5.74, 6) is 5.10. The number of hydrogen-bond donors (Lipinski definition) is 2. The number of hydrogen-bond acceptors (Lipinski definition) is 3. The molecule has 17 heavy (non-hydrogen) atoms. The largest absolute Gasteiger partial charge is 0.374 e. The van der Waals surface area contributed by atoms with Crippen LogP contribution in [0.15, 0.2) is 18.2 Å². The fraction of sp³-hybridized carbons (Fsp3) is 0.500. The number of halogens is 2. The van der Waals surface area contributed by atoms with Crippen molar-refractivity contribution in [2.75, 3.05) is 6.61 Å². The Morgan fingerprint density at radius 3 is 2.65 bits per heavy atom. The smallest absolute Gasteiger partial charge is 0.123 e. The average Bonchev–Trinajstić information content (AvgIpc) is 2.22. The van der Waals surface area contributed by atoms with Crippen molar-refractivity contribution in [2.45, 2.75) is 32.4 Å². The summed E-state index contributed by atoms with van der Waals surface area (Å²) in [7, 11) is 0. The third-order valence-electron chi connectivity index (χ3n) is 2.22. The van der Waals surface area contributed by atoms with Crippen molar-refractivity contribution in [3.63, 3.8) is 0 Å². The van der Waals surface area contributed by atoms with E-state index in [1.165, 1.54) is 18.2 Å². The Hall–Kier alpha value is -0.680. The number of rotatable bonds is 4. The molecule has 0 aliphatic rings. The molecule has 0 radical (unpaired) electrons. The molecule has 0 heterocycles. The third kappa shape index (κ3) is 4.60. The highest BCUT2D eigenvalue weighted by Gasteiger charge is 2.18. The molecule has 0 aromatic heterocycles. The van der Waals surface area contributed by atoms with Gasteiger partial charge in [0.15, 0.2) is 0 Å². The summed E-state index contributed by atoms with van der Waals surface area (Å²) in [5.41, 5.74) is 2.90. The zero-order chi connectivity index (χ0) is 13.1. The van der Waals surface area contributed by atoms with Gasteiger partial charge < -0.3 is 4.74 Å². The van der Waals surface area contributed by atoms with Crippen LogP contribution in [0.3, 0.4) is 0 Å². The van der Waals surface area contributed by atoms with E-state index in [0.29, 0.717) is 17.2 Å². The zero-order valence-electron chi connectivity index (χ0n) is 10.3. The van der Waals surface area contributed by atoms with Crippen LogP contribution in [-0.2, 0) is 4.74 Å². The molecule has 1 atom stereocenters. The summed E-state index contributed by atoms with van der Waals surface area (Å²) in [6.07, 6.45) is 0. The molecule has 0 saturated carbocycles. The highest BCUT2D eigenvalue weighted by atomic mass is 35.5. The first-order valence-electron chi connectivity index (χ1n) is 5.38. The summed E-state index contributed by atoms with van der Waals surface area (Å²) < 4.78 is 18.8. The number of nitrogens with one attached hydrogen (secondary N) is 1. The molecule has 1 aromatic carbocycles. The molecule has 1 unspecified atom stereocenters. The van der Waals surface area contributed by atoms with E-state index >= 15 is 0 Å². The monoisotopic (exact) mass is 260 g/mol. The summed E-state index contributed by atoms with van der Waals surface area (Å²) in [6, 6.07) is 3.84. The van der Waals surface area contributed by atoms with Crippen LogP contribution >= 0.6 is 11.6 Å². The Labute approximate surface area is 106 Å². The molecule has 0 aliphatic carbocycles. The van der Waals surface area contributed by atoms with Crippen molar-refractivity contribution in [1.82, 2.24) is 5.43 Å². The first-order chi connectivity index (χ1) is 7.83. The molecule has 0 spiro atoms. The molecule has 0 fully saturated rings. The predicted octanol–water partition coefficient (Wildman–Crippen LogP) is 2.80. The predicted molar refractivity (Wildman–Crippen MR) is 67.2 cm³/mol. The van der Waals surface area contributed by atoms with Crippen LogP contribution in [0.1, 0.15) is 32.4 Å². The van der Waals surface area contributed by atoms with Gasteiger partial charge in [0.2, 0.25) is 0 Å². The van der Waals surface area contributed by atoms with Crippen LogP contribution in [0.4, 0.5) is 4.39 Å². The molecular weight excluding hydrogens is 243 g/mol. The molecule has 0 saturated heterocycles. The minimum atomic E-state index is -0.347. The number of ether oxygens (including phenoxy) is 1. The first kappa shape index (κ1) is 14.4. The van der Waals surface area contributed by atoms with Crippen molar-refractivity contribution in [3.05, 3.63) is 34.6 Å². The van der Waals surface area contributed by atoms with Crippen molar-refractivity contribution < 1.29 is 9.13 Å². The van der Waals surface area contributed by atoms with Crippen molar-refractivity contribution >= 4 is 11.6 Å². The van der Waals surface area contributed by atoms with Crippen molar-refractivity contribution in [1.29, 1.82) is 0 Å². The highest BCUT2D eigenvalue weighted by Crippen LogP contribution is 2.24. The fourth-order valence-electron chi connectivity index (χ4n) is 1.34. The van der Waals surface area contributed by atoms with Crippen molar-refractivity contribution in [3.8, 4) is 0 Å². The van der Waals surface area contributed by atoms with E-state index in [4.69, 9.17) is 22.2 Å². The summed E-state index contributed by atoms with van der Waals surface area (Å²) >= 11 is 6.00. The normalized spacial score (nSPS) is 13.8. The molecule has 96 valence electrons. The Morgan fingerprint density at radius 2 is 2.12 bits per heavy atom. The van der Waals surface area contributed by atoms with Gasteiger partial charge in [-0.25, -0.2) is 4.39 Å². The van der Waals surface area contributed by atoms with E-state index in [1.54, 1.807) is 0 Å². The fourth-order valence-corrected chi connectivity index (χ4v) is 1.59. The summed E-state index contributed by atoms with van der Waals surface area (Å²) in [6.45, 7) is 6.14. The van der Waals surface area contributed by atoms with E-state index in [0.717, 1.165) is 0 Å². The van der Waals surface area contributed by atoms with E-state index in [-0.39, 0.29) is 17.5 Å². The molecule has 5 heteroatoms. The Kier molecular flexibility index (Phi) is 4.89. The molecule has 3 N–H and O–H groups in total. The van der Waals surface area contributed by atoms with E-state index in [9.17, 15) is 4.39 Å². The maximum atomic E-state index is 13.2. The minimum Gasteiger partial charge on any atom is -0.374 e.